The number of piperidine rings is 1. The number of carbonyl (C=O) groups is 2. The molecule has 1 saturated heterocycles. The van der Waals surface area contributed by atoms with E-state index in [9.17, 15) is 9.59 Å². The fourth-order valence-electron chi connectivity index (χ4n) is 2.75. The summed E-state index contributed by atoms with van der Waals surface area (Å²) in [6, 6.07) is 10.9. The smallest absolute Gasteiger partial charge is 0.338 e. The number of nitrogens with zero attached hydrogens (tertiary/aromatic N) is 1. The number of amides is 1. The van der Waals surface area contributed by atoms with Gasteiger partial charge in [-0.25, -0.2) is 4.79 Å². The van der Waals surface area contributed by atoms with E-state index in [0.29, 0.717) is 25.6 Å². The molecule has 1 aromatic carbocycles. The maximum atomic E-state index is 12.3. The topological polar surface area (TPSA) is 80.0 Å². The molecule has 1 fully saturated rings. The Bertz CT molecular complexity index is 701. The minimum Gasteiger partial charge on any atom is -0.493 e. The Morgan fingerprint density at radius 1 is 1.21 bits per heavy atom. The van der Waals surface area contributed by atoms with E-state index < -0.39 is 5.97 Å². The number of hydrogen-bond acceptors (Lipinski definition) is 4. The van der Waals surface area contributed by atoms with Crippen LogP contribution in [0, 0.1) is 5.92 Å². The third-order valence-electron chi connectivity index (χ3n) is 4.19. The molecule has 6 heteroatoms. The van der Waals surface area contributed by atoms with Crippen LogP contribution in [-0.4, -0.2) is 41.6 Å². The molecule has 0 bridgehead atoms. The zero-order valence-electron chi connectivity index (χ0n) is 13.2. The number of aromatic carboxylic acids is 1. The van der Waals surface area contributed by atoms with Crippen molar-refractivity contribution in [3.8, 4) is 5.75 Å². The predicted molar refractivity (Wildman–Crippen MR) is 86.2 cm³/mol. The van der Waals surface area contributed by atoms with Crippen molar-refractivity contribution < 1.29 is 23.8 Å². The first-order chi connectivity index (χ1) is 11.6. The highest BCUT2D eigenvalue weighted by Gasteiger charge is 2.26. The molecule has 0 unspecified atom stereocenters. The lowest BCUT2D eigenvalue weighted by Crippen LogP contribution is -2.39. The van der Waals surface area contributed by atoms with Crippen LogP contribution in [0.25, 0.3) is 0 Å². The molecule has 1 amide bonds. The molecule has 2 aromatic rings. The SMILES string of the molecule is O=C(O)c1coc(C(=O)N2CCC(COc3ccccc3)CC2)c1. The molecule has 24 heavy (non-hydrogen) atoms. The van der Waals surface area contributed by atoms with Gasteiger partial charge in [0.05, 0.1) is 12.2 Å². The van der Waals surface area contributed by atoms with E-state index in [1.54, 1.807) is 4.90 Å². The quantitative estimate of drug-likeness (QED) is 0.912. The van der Waals surface area contributed by atoms with Gasteiger partial charge < -0.3 is 19.2 Å². The van der Waals surface area contributed by atoms with Crippen LogP contribution in [0.3, 0.4) is 0 Å². The van der Waals surface area contributed by atoms with Gasteiger partial charge in [-0.05, 0) is 30.9 Å². The molecule has 0 saturated carbocycles. The molecule has 6 nitrogen and oxygen atoms in total. The second-order valence-electron chi connectivity index (χ2n) is 5.86. The lowest BCUT2D eigenvalue weighted by Gasteiger charge is -2.31. The summed E-state index contributed by atoms with van der Waals surface area (Å²) >= 11 is 0. The average molecular weight is 329 g/mol. The third-order valence-corrected chi connectivity index (χ3v) is 4.19. The van der Waals surface area contributed by atoms with Gasteiger partial charge in [-0.3, -0.25) is 4.79 Å². The number of rotatable bonds is 5. The second kappa shape index (κ2) is 7.21. The number of benzene rings is 1. The monoisotopic (exact) mass is 329 g/mol. The van der Waals surface area contributed by atoms with Crippen LogP contribution < -0.4 is 4.74 Å². The van der Waals surface area contributed by atoms with Gasteiger partial charge in [0.25, 0.3) is 5.91 Å². The summed E-state index contributed by atoms with van der Waals surface area (Å²) in [5.41, 5.74) is -0.00972. The van der Waals surface area contributed by atoms with Crippen LogP contribution in [0.4, 0.5) is 0 Å². The molecule has 1 aliphatic heterocycles. The number of ether oxygens (including phenoxy) is 1. The zero-order chi connectivity index (χ0) is 16.9. The van der Waals surface area contributed by atoms with Crippen molar-refractivity contribution in [3.05, 3.63) is 54.0 Å². The largest absolute Gasteiger partial charge is 0.493 e. The van der Waals surface area contributed by atoms with Gasteiger partial charge >= 0.3 is 5.97 Å². The molecule has 126 valence electrons. The first kappa shape index (κ1) is 16.1. The molecule has 1 N–H and O–H groups in total. The van der Waals surface area contributed by atoms with E-state index in [4.69, 9.17) is 14.3 Å². The first-order valence-electron chi connectivity index (χ1n) is 7.92. The van der Waals surface area contributed by atoms with Crippen molar-refractivity contribution >= 4 is 11.9 Å². The molecule has 1 aromatic heterocycles. The van der Waals surface area contributed by atoms with Crippen molar-refractivity contribution in [1.29, 1.82) is 0 Å². The van der Waals surface area contributed by atoms with Crippen LogP contribution in [-0.2, 0) is 0 Å². The zero-order valence-corrected chi connectivity index (χ0v) is 13.2. The highest BCUT2D eigenvalue weighted by atomic mass is 16.5. The van der Waals surface area contributed by atoms with Crippen LogP contribution >= 0.6 is 0 Å². The van der Waals surface area contributed by atoms with Crippen LogP contribution in [0.1, 0.15) is 33.8 Å². The molecular weight excluding hydrogens is 310 g/mol. The number of carboxylic acids is 1. The summed E-state index contributed by atoms with van der Waals surface area (Å²) in [6.07, 6.45) is 2.80. The Hall–Kier alpha value is -2.76. The van der Waals surface area contributed by atoms with Crippen molar-refractivity contribution in [2.45, 2.75) is 12.8 Å². The summed E-state index contributed by atoms with van der Waals surface area (Å²) in [5, 5.41) is 8.88. The predicted octanol–water partition coefficient (Wildman–Crippen LogP) is 2.91. The highest BCUT2D eigenvalue weighted by Crippen LogP contribution is 2.21. The Kier molecular flexibility index (Phi) is 4.84. The van der Waals surface area contributed by atoms with Gasteiger partial charge in [0.2, 0.25) is 0 Å². The minimum absolute atomic E-state index is 0.00972. The number of carbonyl (C=O) groups excluding carboxylic acids is 1. The van der Waals surface area contributed by atoms with E-state index in [2.05, 4.69) is 0 Å². The van der Waals surface area contributed by atoms with Crippen molar-refractivity contribution in [1.82, 2.24) is 4.90 Å². The molecule has 0 atom stereocenters. The molecular formula is C18H19NO5. The normalized spacial score (nSPS) is 15.2. The van der Waals surface area contributed by atoms with E-state index in [1.807, 2.05) is 30.3 Å². The summed E-state index contributed by atoms with van der Waals surface area (Å²) < 4.78 is 10.8. The van der Waals surface area contributed by atoms with Gasteiger partial charge in [0.15, 0.2) is 5.76 Å². The second-order valence-corrected chi connectivity index (χ2v) is 5.86. The Balaban J connectivity index is 1.49. The van der Waals surface area contributed by atoms with E-state index in [-0.39, 0.29) is 17.2 Å². The molecule has 1 aliphatic rings. The van der Waals surface area contributed by atoms with Crippen LogP contribution in [0.15, 0.2) is 47.1 Å². The Labute approximate surface area is 139 Å². The molecule has 0 aliphatic carbocycles. The lowest BCUT2D eigenvalue weighted by atomic mass is 9.97. The summed E-state index contributed by atoms with van der Waals surface area (Å²) in [5.74, 6) is -0.0286. The molecule has 0 radical (unpaired) electrons. The molecule has 3 rings (SSSR count). The Morgan fingerprint density at radius 2 is 1.92 bits per heavy atom. The van der Waals surface area contributed by atoms with Gasteiger partial charge in [-0.1, -0.05) is 18.2 Å². The summed E-state index contributed by atoms with van der Waals surface area (Å²) in [6.45, 7) is 1.87. The van der Waals surface area contributed by atoms with E-state index in [0.717, 1.165) is 24.9 Å². The Morgan fingerprint density at radius 3 is 2.54 bits per heavy atom. The van der Waals surface area contributed by atoms with Crippen LogP contribution in [0.2, 0.25) is 0 Å². The van der Waals surface area contributed by atoms with E-state index in [1.165, 1.54) is 6.07 Å². The highest BCUT2D eigenvalue weighted by molar-refractivity contribution is 5.95. The number of likely N-dealkylation sites (tertiary alicyclic amines) is 1. The van der Waals surface area contributed by atoms with Gasteiger partial charge in [0.1, 0.15) is 12.0 Å². The van der Waals surface area contributed by atoms with Gasteiger partial charge in [-0.2, -0.15) is 0 Å². The third kappa shape index (κ3) is 3.76. The number of carboxylic acid groups (broad SMARTS) is 1. The van der Waals surface area contributed by atoms with E-state index >= 15 is 0 Å². The molecule has 0 spiro atoms. The summed E-state index contributed by atoms with van der Waals surface area (Å²) in [7, 11) is 0. The minimum atomic E-state index is -1.10. The maximum Gasteiger partial charge on any atom is 0.338 e. The average Bonchev–Trinajstić information content (AvgIpc) is 3.11. The van der Waals surface area contributed by atoms with Crippen molar-refractivity contribution in [2.75, 3.05) is 19.7 Å². The van der Waals surface area contributed by atoms with Gasteiger partial charge in [-0.15, -0.1) is 0 Å². The number of hydrogen-bond donors (Lipinski definition) is 1. The molecule has 2 heterocycles. The number of para-hydroxylation sites is 1. The maximum absolute atomic E-state index is 12.3. The number of furan rings is 1. The standard InChI is InChI=1S/C18H19NO5/c20-17(16-10-14(12-24-16)18(21)22)19-8-6-13(7-9-19)11-23-15-4-2-1-3-5-15/h1-5,10,12-13H,6-9,11H2,(H,21,22). The fourth-order valence-corrected chi connectivity index (χ4v) is 2.75. The summed E-state index contributed by atoms with van der Waals surface area (Å²) in [4.78, 5) is 24.9. The van der Waals surface area contributed by atoms with Crippen molar-refractivity contribution in [3.63, 3.8) is 0 Å². The lowest BCUT2D eigenvalue weighted by molar-refractivity contribution is 0.0629. The van der Waals surface area contributed by atoms with Crippen molar-refractivity contribution in [2.24, 2.45) is 5.92 Å². The van der Waals surface area contributed by atoms with Crippen LogP contribution in [0.5, 0.6) is 5.75 Å². The first-order valence-corrected chi connectivity index (χ1v) is 7.92. The van der Waals surface area contributed by atoms with Gasteiger partial charge in [0, 0.05) is 19.2 Å². The fraction of sp³-hybridized carbons (Fsp3) is 0.333.